The van der Waals surface area contributed by atoms with Gasteiger partial charge in [-0.25, -0.2) is 4.79 Å². The molecule has 2 aromatic rings. The van der Waals surface area contributed by atoms with Gasteiger partial charge in [-0.15, -0.1) is 0 Å². The molecule has 2 heterocycles. The maximum atomic E-state index is 12.7. The van der Waals surface area contributed by atoms with Crippen LogP contribution in [0, 0.1) is 6.92 Å². The molecule has 7 heteroatoms. The van der Waals surface area contributed by atoms with E-state index in [9.17, 15) is 9.59 Å². The Morgan fingerprint density at radius 3 is 2.52 bits per heavy atom. The van der Waals surface area contributed by atoms with Crippen LogP contribution in [0.2, 0.25) is 0 Å². The van der Waals surface area contributed by atoms with Crippen molar-refractivity contribution in [3.63, 3.8) is 0 Å². The van der Waals surface area contributed by atoms with Crippen molar-refractivity contribution in [3.8, 4) is 0 Å². The molecule has 0 bridgehead atoms. The van der Waals surface area contributed by atoms with E-state index < -0.39 is 0 Å². The van der Waals surface area contributed by atoms with E-state index in [1.807, 2.05) is 25.1 Å². The van der Waals surface area contributed by atoms with Crippen molar-refractivity contribution < 1.29 is 9.59 Å². The molecule has 4 rings (SSSR count). The first kappa shape index (κ1) is 21.3. The molecule has 0 aromatic heterocycles. The Balaban J connectivity index is 1.34. The Morgan fingerprint density at radius 1 is 1.03 bits per heavy atom. The number of nitrogens with one attached hydrogen (secondary N) is 2. The second kappa shape index (κ2) is 9.49. The topological polar surface area (TPSA) is 67.9 Å². The van der Waals surface area contributed by atoms with Crippen LogP contribution in [0.3, 0.4) is 0 Å². The van der Waals surface area contributed by atoms with E-state index >= 15 is 0 Å². The van der Waals surface area contributed by atoms with E-state index in [-0.39, 0.29) is 11.9 Å². The molecule has 2 fully saturated rings. The van der Waals surface area contributed by atoms with Crippen molar-refractivity contribution in [2.24, 2.45) is 0 Å². The van der Waals surface area contributed by atoms with Gasteiger partial charge in [-0.1, -0.05) is 24.3 Å². The summed E-state index contributed by atoms with van der Waals surface area (Å²) in [4.78, 5) is 31.1. The summed E-state index contributed by atoms with van der Waals surface area (Å²) in [6.07, 6.45) is 0. The number of piperazine rings is 1. The summed E-state index contributed by atoms with van der Waals surface area (Å²) < 4.78 is 0. The molecule has 2 aliphatic rings. The zero-order valence-corrected chi connectivity index (χ0v) is 18.4. The van der Waals surface area contributed by atoms with E-state index in [1.54, 1.807) is 11.0 Å². The summed E-state index contributed by atoms with van der Waals surface area (Å²) in [5.41, 5.74) is 4.75. The molecule has 0 saturated carbocycles. The smallest absolute Gasteiger partial charge is 0.322 e. The largest absolute Gasteiger partial charge is 0.348 e. The normalized spacial score (nSPS) is 17.6. The van der Waals surface area contributed by atoms with Gasteiger partial charge in [0.25, 0.3) is 5.91 Å². The molecule has 2 aliphatic heterocycles. The highest BCUT2D eigenvalue weighted by molar-refractivity contribution is 5.97. The summed E-state index contributed by atoms with van der Waals surface area (Å²) in [6.45, 7) is 9.05. The first-order valence-electron chi connectivity index (χ1n) is 10.9. The average Bonchev–Trinajstić information content (AvgIpc) is 3.19. The molecule has 0 unspecified atom stereocenters. The number of carbonyl (C=O) groups excluding carboxylic acids is 2. The quantitative estimate of drug-likeness (QED) is 0.751. The van der Waals surface area contributed by atoms with Crippen LogP contribution in [0.15, 0.2) is 42.5 Å². The molecule has 0 aliphatic carbocycles. The lowest BCUT2D eigenvalue weighted by atomic mass is 10.1. The number of hydrogen-bond donors (Lipinski definition) is 2. The van der Waals surface area contributed by atoms with Crippen molar-refractivity contribution >= 4 is 17.6 Å². The van der Waals surface area contributed by atoms with Gasteiger partial charge in [0.2, 0.25) is 0 Å². The Bertz CT molecular complexity index is 953. The predicted octanol–water partition coefficient (Wildman–Crippen LogP) is 2.20. The molecular formula is C24H31N5O2. The molecule has 2 aromatic carbocycles. The fourth-order valence-electron chi connectivity index (χ4n) is 4.19. The van der Waals surface area contributed by atoms with Crippen LogP contribution in [0.4, 0.5) is 10.5 Å². The molecule has 2 N–H and O–H groups in total. The van der Waals surface area contributed by atoms with Gasteiger partial charge in [0.05, 0.1) is 0 Å². The molecule has 0 spiro atoms. The minimum absolute atomic E-state index is 0.0863. The van der Waals surface area contributed by atoms with Gasteiger partial charge in [0, 0.05) is 63.6 Å². The fraction of sp³-hybridized carbons (Fsp3) is 0.417. The third-order valence-corrected chi connectivity index (χ3v) is 6.05. The standard InChI is InChI=1S/C24H31N5O2/c1-18-14-21(6-7-22(18)29-9-8-25-24(29)31)23(30)26-16-19-4-3-5-20(15-19)17-28-12-10-27(2)11-13-28/h3-7,14-15H,8-13,16-17H2,1-2H3,(H,25,31)(H,26,30). The monoisotopic (exact) mass is 421 g/mol. The van der Waals surface area contributed by atoms with Crippen LogP contribution in [-0.4, -0.2) is 68.1 Å². The van der Waals surface area contributed by atoms with Crippen LogP contribution in [-0.2, 0) is 13.1 Å². The highest BCUT2D eigenvalue weighted by Gasteiger charge is 2.23. The highest BCUT2D eigenvalue weighted by Crippen LogP contribution is 2.23. The number of rotatable bonds is 6. The van der Waals surface area contributed by atoms with Gasteiger partial charge < -0.3 is 15.5 Å². The van der Waals surface area contributed by atoms with Crippen molar-refractivity contribution in [2.45, 2.75) is 20.0 Å². The Labute approximate surface area is 184 Å². The highest BCUT2D eigenvalue weighted by atomic mass is 16.2. The number of amides is 3. The van der Waals surface area contributed by atoms with E-state index in [4.69, 9.17) is 0 Å². The zero-order valence-electron chi connectivity index (χ0n) is 18.4. The second-order valence-corrected chi connectivity index (χ2v) is 8.47. The summed E-state index contributed by atoms with van der Waals surface area (Å²) >= 11 is 0. The fourth-order valence-corrected chi connectivity index (χ4v) is 4.19. The SMILES string of the molecule is Cc1cc(C(=O)NCc2cccc(CN3CCN(C)CC3)c2)ccc1N1CCNC1=O. The van der Waals surface area contributed by atoms with Gasteiger partial charge in [-0.2, -0.15) is 0 Å². The van der Waals surface area contributed by atoms with Gasteiger partial charge in [0.15, 0.2) is 0 Å². The molecule has 7 nitrogen and oxygen atoms in total. The predicted molar refractivity (Wildman–Crippen MR) is 122 cm³/mol. The first-order chi connectivity index (χ1) is 15.0. The molecular weight excluding hydrogens is 390 g/mol. The van der Waals surface area contributed by atoms with Gasteiger partial charge in [-0.05, 0) is 48.9 Å². The van der Waals surface area contributed by atoms with Gasteiger partial charge >= 0.3 is 6.03 Å². The van der Waals surface area contributed by atoms with Gasteiger partial charge in [0.1, 0.15) is 0 Å². The number of aryl methyl sites for hydroxylation is 1. The lowest BCUT2D eigenvalue weighted by Crippen LogP contribution is -2.43. The van der Waals surface area contributed by atoms with E-state index in [0.717, 1.165) is 49.5 Å². The second-order valence-electron chi connectivity index (χ2n) is 8.47. The molecule has 0 radical (unpaired) electrons. The maximum absolute atomic E-state index is 12.7. The van der Waals surface area contributed by atoms with Gasteiger partial charge in [-0.3, -0.25) is 14.6 Å². The molecule has 2 saturated heterocycles. The number of benzene rings is 2. The number of urea groups is 1. The molecule has 3 amide bonds. The minimum Gasteiger partial charge on any atom is -0.348 e. The Morgan fingerprint density at radius 2 is 1.81 bits per heavy atom. The lowest BCUT2D eigenvalue weighted by Gasteiger charge is -2.32. The molecule has 31 heavy (non-hydrogen) atoms. The number of hydrogen-bond acceptors (Lipinski definition) is 4. The minimum atomic E-state index is -0.106. The van der Waals surface area contributed by atoms with Crippen molar-refractivity contribution in [3.05, 3.63) is 64.7 Å². The number of likely N-dealkylation sites (N-methyl/N-ethyl adjacent to an activating group) is 1. The van der Waals surface area contributed by atoms with Crippen molar-refractivity contribution in [1.82, 2.24) is 20.4 Å². The number of nitrogens with zero attached hydrogens (tertiary/aromatic N) is 3. The summed E-state index contributed by atoms with van der Waals surface area (Å²) in [7, 11) is 2.17. The first-order valence-corrected chi connectivity index (χ1v) is 10.9. The molecule has 0 atom stereocenters. The van der Waals surface area contributed by atoms with Crippen LogP contribution in [0.5, 0.6) is 0 Å². The van der Waals surface area contributed by atoms with E-state index in [2.05, 4.69) is 45.7 Å². The molecule has 164 valence electrons. The third kappa shape index (κ3) is 5.24. The average molecular weight is 422 g/mol. The summed E-state index contributed by atoms with van der Waals surface area (Å²) in [6, 6.07) is 13.8. The summed E-state index contributed by atoms with van der Waals surface area (Å²) in [5, 5.41) is 5.83. The van der Waals surface area contributed by atoms with Crippen LogP contribution in [0.25, 0.3) is 0 Å². The zero-order chi connectivity index (χ0) is 21.8. The lowest BCUT2D eigenvalue weighted by molar-refractivity contribution is 0.0951. The number of carbonyl (C=O) groups is 2. The van der Waals surface area contributed by atoms with Crippen LogP contribution in [0.1, 0.15) is 27.0 Å². The van der Waals surface area contributed by atoms with E-state index in [1.165, 1.54) is 5.56 Å². The van der Waals surface area contributed by atoms with Crippen molar-refractivity contribution in [2.75, 3.05) is 51.2 Å². The van der Waals surface area contributed by atoms with Crippen LogP contribution >= 0.6 is 0 Å². The van der Waals surface area contributed by atoms with Crippen LogP contribution < -0.4 is 15.5 Å². The van der Waals surface area contributed by atoms with Crippen molar-refractivity contribution in [1.29, 1.82) is 0 Å². The Hall–Kier alpha value is -2.90. The maximum Gasteiger partial charge on any atom is 0.322 e. The summed E-state index contributed by atoms with van der Waals surface area (Å²) in [5.74, 6) is -0.106. The van der Waals surface area contributed by atoms with E-state index in [0.29, 0.717) is 25.2 Å². The third-order valence-electron chi connectivity index (χ3n) is 6.05. The number of anilines is 1. The Kier molecular flexibility index (Phi) is 6.53.